The second kappa shape index (κ2) is 9.01. The summed E-state index contributed by atoms with van der Waals surface area (Å²) in [5.74, 6) is -0.256. The topological polar surface area (TPSA) is 84.4 Å². The highest BCUT2D eigenvalue weighted by molar-refractivity contribution is 7.80. The lowest BCUT2D eigenvalue weighted by atomic mass is 10.2. The van der Waals surface area contributed by atoms with Crippen LogP contribution < -0.4 is 20.9 Å². The number of amides is 2. The largest absolute Gasteiger partial charge is 0.493 e. The van der Waals surface area contributed by atoms with Crippen LogP contribution in [-0.2, 0) is 11.3 Å². The van der Waals surface area contributed by atoms with Crippen molar-refractivity contribution in [2.75, 3.05) is 6.61 Å². The van der Waals surface area contributed by atoms with Crippen LogP contribution in [0.3, 0.4) is 0 Å². The van der Waals surface area contributed by atoms with Crippen molar-refractivity contribution in [3.05, 3.63) is 66.4 Å². The summed E-state index contributed by atoms with van der Waals surface area (Å²) in [5, 5.41) is 3.56. The van der Waals surface area contributed by atoms with Gasteiger partial charge in [0.25, 0.3) is 11.8 Å². The van der Waals surface area contributed by atoms with Crippen molar-refractivity contribution in [2.45, 2.75) is 13.5 Å². The van der Waals surface area contributed by atoms with E-state index in [9.17, 15) is 9.59 Å². The van der Waals surface area contributed by atoms with Crippen molar-refractivity contribution >= 4 is 40.0 Å². The molecule has 0 radical (unpaired) electrons. The number of para-hydroxylation sites is 2. The predicted octanol–water partition coefficient (Wildman–Crippen LogP) is 2.38. The lowest BCUT2D eigenvalue weighted by Crippen LogP contribution is -2.49. The van der Waals surface area contributed by atoms with Gasteiger partial charge in [0.05, 0.1) is 12.2 Å². The van der Waals surface area contributed by atoms with E-state index < -0.39 is 5.91 Å². The molecule has 0 saturated heterocycles. The maximum atomic E-state index is 12.4. The molecule has 144 valence electrons. The predicted molar refractivity (Wildman–Crippen MR) is 111 cm³/mol. The normalized spacial score (nSPS) is 10.3. The quantitative estimate of drug-likeness (QED) is 0.456. The van der Waals surface area contributed by atoms with E-state index in [1.54, 1.807) is 24.3 Å². The number of benzene rings is 2. The van der Waals surface area contributed by atoms with Gasteiger partial charge in [-0.05, 0) is 48.8 Å². The van der Waals surface area contributed by atoms with E-state index in [4.69, 9.17) is 17.0 Å². The molecule has 2 amide bonds. The van der Waals surface area contributed by atoms with Gasteiger partial charge in [0.15, 0.2) is 5.11 Å². The molecule has 0 aliphatic heterocycles. The zero-order valence-corrected chi connectivity index (χ0v) is 16.1. The van der Waals surface area contributed by atoms with Gasteiger partial charge in [0, 0.05) is 11.7 Å². The molecule has 0 aliphatic carbocycles. The Morgan fingerprint density at radius 3 is 2.61 bits per heavy atom. The Kier molecular flexibility index (Phi) is 6.23. The number of hydrogen-bond donors (Lipinski definition) is 3. The Bertz CT molecular complexity index is 1020. The summed E-state index contributed by atoms with van der Waals surface area (Å²) in [6.45, 7) is 2.39. The summed E-state index contributed by atoms with van der Waals surface area (Å²) in [6, 6.07) is 16.6. The molecule has 0 spiro atoms. The second-order valence-corrected chi connectivity index (χ2v) is 6.30. The van der Waals surface area contributed by atoms with E-state index in [0.717, 1.165) is 10.9 Å². The fraction of sp³-hybridized carbons (Fsp3) is 0.150. The van der Waals surface area contributed by atoms with E-state index in [1.165, 1.54) is 0 Å². The first-order valence-electron chi connectivity index (χ1n) is 8.74. The van der Waals surface area contributed by atoms with Gasteiger partial charge in [-0.1, -0.05) is 30.3 Å². The first kappa shape index (κ1) is 19.4. The SMILES string of the molecule is CCOc1ccccc1C(=O)NC(=S)NNC(=O)Cn1ccc2ccccc21. The van der Waals surface area contributed by atoms with Crippen LogP contribution in [0.2, 0.25) is 0 Å². The molecule has 1 heterocycles. The number of nitrogens with zero attached hydrogens (tertiary/aromatic N) is 1. The van der Waals surface area contributed by atoms with E-state index >= 15 is 0 Å². The standard InChI is InChI=1S/C20H20N4O3S/c1-2-27-17-10-6-4-8-15(17)19(26)21-20(28)23-22-18(25)13-24-12-11-14-7-3-5-9-16(14)24/h3-12H,2,13H2,1H3,(H,22,25)(H2,21,23,26,28). The minimum Gasteiger partial charge on any atom is -0.493 e. The van der Waals surface area contributed by atoms with Crippen molar-refractivity contribution in [3.8, 4) is 5.75 Å². The maximum absolute atomic E-state index is 12.4. The van der Waals surface area contributed by atoms with Gasteiger partial charge in [0.2, 0.25) is 0 Å². The number of hydrogen-bond acceptors (Lipinski definition) is 4. The van der Waals surface area contributed by atoms with Crippen molar-refractivity contribution in [2.24, 2.45) is 0 Å². The highest BCUT2D eigenvalue weighted by atomic mass is 32.1. The van der Waals surface area contributed by atoms with Crippen molar-refractivity contribution in [1.82, 2.24) is 20.7 Å². The molecule has 0 unspecified atom stereocenters. The Balaban J connectivity index is 1.52. The smallest absolute Gasteiger partial charge is 0.261 e. The van der Waals surface area contributed by atoms with Crippen LogP contribution in [0.25, 0.3) is 10.9 Å². The number of fused-ring (bicyclic) bond motifs is 1. The lowest BCUT2D eigenvalue weighted by molar-refractivity contribution is -0.122. The molecule has 0 bridgehead atoms. The molecule has 0 atom stereocenters. The Morgan fingerprint density at radius 1 is 1.04 bits per heavy atom. The molecule has 28 heavy (non-hydrogen) atoms. The molecule has 7 nitrogen and oxygen atoms in total. The van der Waals surface area contributed by atoms with Crippen molar-refractivity contribution in [1.29, 1.82) is 0 Å². The van der Waals surface area contributed by atoms with Gasteiger partial charge >= 0.3 is 0 Å². The molecule has 0 fully saturated rings. The van der Waals surface area contributed by atoms with Crippen molar-refractivity contribution in [3.63, 3.8) is 0 Å². The number of aromatic nitrogens is 1. The highest BCUT2D eigenvalue weighted by Crippen LogP contribution is 2.17. The van der Waals surface area contributed by atoms with E-state index in [0.29, 0.717) is 17.9 Å². The second-order valence-electron chi connectivity index (χ2n) is 5.89. The molecule has 3 aromatic rings. The molecular weight excluding hydrogens is 376 g/mol. The zero-order valence-electron chi connectivity index (χ0n) is 15.3. The summed E-state index contributed by atoms with van der Waals surface area (Å²) in [4.78, 5) is 24.5. The first-order valence-corrected chi connectivity index (χ1v) is 9.15. The van der Waals surface area contributed by atoms with Crippen LogP contribution in [0.15, 0.2) is 60.8 Å². The zero-order chi connectivity index (χ0) is 19.9. The minimum absolute atomic E-state index is 0.0120. The van der Waals surface area contributed by atoms with Crippen LogP contribution in [0.1, 0.15) is 17.3 Å². The molecule has 8 heteroatoms. The van der Waals surface area contributed by atoms with Gasteiger partial charge in [0.1, 0.15) is 12.3 Å². The van der Waals surface area contributed by atoms with E-state index in [2.05, 4.69) is 16.2 Å². The molecule has 2 aromatic carbocycles. The summed E-state index contributed by atoms with van der Waals surface area (Å²) >= 11 is 5.08. The number of carbonyl (C=O) groups excluding carboxylic acids is 2. The van der Waals surface area contributed by atoms with Gasteiger partial charge in [-0.3, -0.25) is 25.8 Å². The third-order valence-electron chi connectivity index (χ3n) is 3.97. The molecule has 3 N–H and O–H groups in total. The van der Waals surface area contributed by atoms with E-state index in [1.807, 2.05) is 48.0 Å². The molecule has 0 aliphatic rings. The van der Waals surface area contributed by atoms with Gasteiger partial charge in [-0.25, -0.2) is 0 Å². The minimum atomic E-state index is -0.424. The molecule has 0 saturated carbocycles. The number of carbonyl (C=O) groups is 2. The van der Waals surface area contributed by atoms with E-state index in [-0.39, 0.29) is 17.6 Å². The average Bonchev–Trinajstić information content (AvgIpc) is 3.10. The monoisotopic (exact) mass is 396 g/mol. The summed E-state index contributed by atoms with van der Waals surface area (Å²) in [7, 11) is 0. The Hall–Kier alpha value is -3.39. The molecule has 1 aromatic heterocycles. The number of nitrogens with one attached hydrogen (secondary N) is 3. The number of thiocarbonyl (C=S) groups is 1. The fourth-order valence-electron chi connectivity index (χ4n) is 2.74. The third kappa shape index (κ3) is 4.66. The summed E-state index contributed by atoms with van der Waals surface area (Å²) < 4.78 is 7.26. The Morgan fingerprint density at radius 2 is 1.79 bits per heavy atom. The highest BCUT2D eigenvalue weighted by Gasteiger charge is 2.13. The number of hydrazine groups is 1. The van der Waals surface area contributed by atoms with Crippen LogP contribution in [0.4, 0.5) is 0 Å². The molecular formula is C20H20N4O3S. The van der Waals surface area contributed by atoms with Gasteiger partial charge in [-0.2, -0.15) is 0 Å². The fourth-order valence-corrected chi connectivity index (χ4v) is 2.88. The number of rotatable bonds is 5. The average molecular weight is 396 g/mol. The van der Waals surface area contributed by atoms with Crippen molar-refractivity contribution < 1.29 is 14.3 Å². The van der Waals surface area contributed by atoms with Crippen LogP contribution in [-0.4, -0.2) is 28.1 Å². The molecule has 3 rings (SSSR count). The lowest BCUT2D eigenvalue weighted by Gasteiger charge is -2.13. The number of ether oxygens (including phenoxy) is 1. The van der Waals surface area contributed by atoms with Crippen LogP contribution in [0, 0.1) is 0 Å². The van der Waals surface area contributed by atoms with Crippen LogP contribution >= 0.6 is 12.2 Å². The van der Waals surface area contributed by atoms with Gasteiger partial charge in [-0.15, -0.1) is 0 Å². The van der Waals surface area contributed by atoms with Crippen LogP contribution in [0.5, 0.6) is 5.75 Å². The third-order valence-corrected chi connectivity index (χ3v) is 4.17. The summed E-state index contributed by atoms with van der Waals surface area (Å²) in [5.41, 5.74) is 6.35. The van der Waals surface area contributed by atoms with Gasteiger partial charge < -0.3 is 9.30 Å². The summed E-state index contributed by atoms with van der Waals surface area (Å²) in [6.07, 6.45) is 1.84. The first-order chi connectivity index (χ1) is 13.6. The Labute approximate surface area is 167 Å². The maximum Gasteiger partial charge on any atom is 0.261 e.